The molecule has 0 spiro atoms. The van der Waals surface area contributed by atoms with Gasteiger partial charge in [0, 0.05) is 12.5 Å². The average molecular weight is 294 g/mol. The molecule has 0 unspecified atom stereocenters. The van der Waals surface area contributed by atoms with E-state index in [4.69, 9.17) is 11.6 Å². The maximum absolute atomic E-state index is 11.9. The number of fused-ring (bicyclic) bond motifs is 1. The zero-order valence-electron chi connectivity index (χ0n) is 11.6. The summed E-state index contributed by atoms with van der Waals surface area (Å²) in [7, 11) is 0. The van der Waals surface area contributed by atoms with Crippen LogP contribution in [0.4, 0.5) is 11.5 Å². The van der Waals surface area contributed by atoms with Crippen LogP contribution in [0.25, 0.3) is 0 Å². The van der Waals surface area contributed by atoms with Crippen molar-refractivity contribution in [2.75, 3.05) is 0 Å². The van der Waals surface area contributed by atoms with E-state index in [0.29, 0.717) is 24.0 Å². The standard InChI is InChI=1S/C14H18ClN4O/c1-2-8-19-12-10(13(20)18-14(19)15)16-11(17-12)9-6-4-3-5-7-9/h9H,2-8H2,1H3. The van der Waals surface area contributed by atoms with Crippen molar-refractivity contribution < 1.29 is 0 Å². The van der Waals surface area contributed by atoms with Crippen molar-refractivity contribution in [3.8, 4) is 0 Å². The van der Waals surface area contributed by atoms with Gasteiger partial charge in [0.25, 0.3) is 0 Å². The van der Waals surface area contributed by atoms with Gasteiger partial charge in [0.05, 0.1) is 0 Å². The summed E-state index contributed by atoms with van der Waals surface area (Å²) in [5.41, 5.74) is -0.00432. The molecule has 0 amide bonds. The smallest absolute Gasteiger partial charge is 0.299 e. The monoisotopic (exact) mass is 293 g/mol. The summed E-state index contributed by atoms with van der Waals surface area (Å²) in [4.78, 5) is 20.4. The minimum absolute atomic E-state index is 0.208. The van der Waals surface area contributed by atoms with E-state index >= 15 is 0 Å². The van der Waals surface area contributed by atoms with Gasteiger partial charge in [0.1, 0.15) is 5.84 Å². The lowest BCUT2D eigenvalue weighted by molar-refractivity contribution is 0.435. The van der Waals surface area contributed by atoms with Gasteiger partial charge in [-0.15, -0.1) is 0 Å². The molecule has 0 aromatic carbocycles. The van der Waals surface area contributed by atoms with Gasteiger partial charge in [0.15, 0.2) is 11.5 Å². The molecule has 1 radical (unpaired) electrons. The van der Waals surface area contributed by atoms with Crippen molar-refractivity contribution >= 4 is 28.9 Å². The number of halogens is 1. The topological polar surface area (TPSA) is 61.4 Å². The Labute approximate surface area is 123 Å². The Bertz CT molecular complexity index is 602. The van der Waals surface area contributed by atoms with Gasteiger partial charge in [-0.3, -0.25) is 9.36 Å². The molecule has 2 heterocycles. The SMILES string of the molecule is CCCn1c(Cl)nc(=O)c2c1N=C(C1CCCCC1)[N]2. The summed E-state index contributed by atoms with van der Waals surface area (Å²) in [5, 5.41) is 4.66. The van der Waals surface area contributed by atoms with Crippen molar-refractivity contribution in [1.29, 1.82) is 0 Å². The number of aromatic nitrogens is 2. The first kappa shape index (κ1) is 13.6. The molecule has 20 heavy (non-hydrogen) atoms. The Kier molecular flexibility index (Phi) is 3.78. The van der Waals surface area contributed by atoms with Crippen LogP contribution in [0.15, 0.2) is 9.79 Å². The second kappa shape index (κ2) is 5.56. The number of aliphatic imine (C=N–C) groups is 1. The first-order valence-electron chi connectivity index (χ1n) is 7.31. The van der Waals surface area contributed by atoms with Crippen molar-refractivity contribution in [3.05, 3.63) is 15.6 Å². The zero-order valence-corrected chi connectivity index (χ0v) is 12.4. The summed E-state index contributed by atoms with van der Waals surface area (Å²) < 4.78 is 1.79. The third-order valence-corrected chi connectivity index (χ3v) is 4.24. The number of rotatable bonds is 3. The maximum atomic E-state index is 11.9. The molecule has 3 rings (SSSR count). The summed E-state index contributed by atoms with van der Waals surface area (Å²) >= 11 is 6.07. The van der Waals surface area contributed by atoms with Gasteiger partial charge in [-0.2, -0.15) is 4.98 Å². The van der Waals surface area contributed by atoms with Crippen LogP contribution in [0.3, 0.4) is 0 Å². The highest BCUT2D eigenvalue weighted by molar-refractivity contribution is 6.28. The average Bonchev–Trinajstić information content (AvgIpc) is 2.90. The Morgan fingerprint density at radius 1 is 1.30 bits per heavy atom. The fourth-order valence-corrected chi connectivity index (χ4v) is 3.17. The van der Waals surface area contributed by atoms with Gasteiger partial charge in [-0.25, -0.2) is 10.3 Å². The summed E-state index contributed by atoms with van der Waals surface area (Å²) in [6, 6.07) is 0. The fourth-order valence-electron chi connectivity index (χ4n) is 2.93. The second-order valence-corrected chi connectivity index (χ2v) is 5.76. The molecule has 107 valence electrons. The zero-order chi connectivity index (χ0) is 14.1. The summed E-state index contributed by atoms with van der Waals surface area (Å²) in [5.74, 6) is 1.77. The van der Waals surface area contributed by atoms with E-state index in [1.807, 2.05) is 0 Å². The molecule has 0 atom stereocenters. The van der Waals surface area contributed by atoms with Crippen LogP contribution in [0.1, 0.15) is 45.4 Å². The van der Waals surface area contributed by atoms with E-state index in [0.717, 1.165) is 25.1 Å². The van der Waals surface area contributed by atoms with E-state index in [1.54, 1.807) is 4.57 Å². The van der Waals surface area contributed by atoms with Crippen LogP contribution >= 0.6 is 11.6 Å². The van der Waals surface area contributed by atoms with E-state index < -0.39 is 0 Å². The molecule has 2 aliphatic rings. The van der Waals surface area contributed by atoms with Crippen LogP contribution in [-0.4, -0.2) is 15.4 Å². The molecule has 1 aromatic heterocycles. The van der Waals surface area contributed by atoms with E-state index in [2.05, 4.69) is 22.2 Å². The third-order valence-electron chi connectivity index (χ3n) is 3.95. The molecule has 0 saturated heterocycles. The van der Waals surface area contributed by atoms with Gasteiger partial charge in [-0.1, -0.05) is 26.2 Å². The van der Waals surface area contributed by atoms with Crippen molar-refractivity contribution in [2.45, 2.75) is 52.0 Å². The quantitative estimate of drug-likeness (QED) is 0.804. The predicted molar refractivity (Wildman–Crippen MR) is 79.3 cm³/mol. The van der Waals surface area contributed by atoms with Crippen LogP contribution < -0.4 is 10.9 Å². The summed E-state index contributed by atoms with van der Waals surface area (Å²) in [6.45, 7) is 2.75. The molecule has 6 heteroatoms. The van der Waals surface area contributed by atoms with Gasteiger partial charge in [-0.05, 0) is 30.9 Å². The first-order valence-corrected chi connectivity index (χ1v) is 7.69. The lowest BCUT2D eigenvalue weighted by Gasteiger charge is -2.20. The molecule has 0 bridgehead atoms. The van der Waals surface area contributed by atoms with Gasteiger partial charge >= 0.3 is 5.56 Å². The van der Waals surface area contributed by atoms with Crippen LogP contribution in [-0.2, 0) is 6.54 Å². The van der Waals surface area contributed by atoms with Gasteiger partial charge in [0.2, 0.25) is 5.28 Å². The van der Waals surface area contributed by atoms with Crippen LogP contribution in [0.2, 0.25) is 5.28 Å². The van der Waals surface area contributed by atoms with E-state index in [-0.39, 0.29) is 10.8 Å². The molecular weight excluding hydrogens is 276 g/mol. The van der Waals surface area contributed by atoms with E-state index in [1.165, 1.54) is 19.3 Å². The number of nitrogens with zero attached hydrogens (tertiary/aromatic N) is 4. The lowest BCUT2D eigenvalue weighted by Crippen LogP contribution is -2.24. The number of hydrogen-bond acceptors (Lipinski definition) is 3. The summed E-state index contributed by atoms with van der Waals surface area (Å²) in [6.07, 6.45) is 6.85. The van der Waals surface area contributed by atoms with Crippen molar-refractivity contribution in [3.63, 3.8) is 0 Å². The largest absolute Gasteiger partial charge is 0.302 e. The first-order chi connectivity index (χ1) is 9.70. The predicted octanol–water partition coefficient (Wildman–Crippen LogP) is 3.17. The number of amidine groups is 1. The second-order valence-electron chi connectivity index (χ2n) is 5.43. The molecule has 1 saturated carbocycles. The molecule has 0 N–H and O–H groups in total. The molecule has 1 aromatic rings. The Morgan fingerprint density at radius 3 is 2.75 bits per heavy atom. The Balaban J connectivity index is 1.98. The molecule has 1 fully saturated rings. The van der Waals surface area contributed by atoms with E-state index in [9.17, 15) is 4.79 Å². The highest BCUT2D eigenvalue weighted by Crippen LogP contribution is 2.34. The molecule has 5 nitrogen and oxygen atoms in total. The molecule has 1 aliphatic heterocycles. The molecule has 1 aliphatic carbocycles. The Morgan fingerprint density at radius 2 is 2.05 bits per heavy atom. The van der Waals surface area contributed by atoms with Gasteiger partial charge < -0.3 is 0 Å². The minimum atomic E-state index is -0.369. The highest BCUT2D eigenvalue weighted by atomic mass is 35.5. The molecular formula is C14H18ClN4O. The van der Waals surface area contributed by atoms with Crippen molar-refractivity contribution in [2.24, 2.45) is 10.9 Å². The maximum Gasteiger partial charge on any atom is 0.302 e. The number of hydrogen-bond donors (Lipinski definition) is 0. The minimum Gasteiger partial charge on any atom is -0.299 e. The van der Waals surface area contributed by atoms with Crippen LogP contribution in [0.5, 0.6) is 0 Å². The van der Waals surface area contributed by atoms with Crippen molar-refractivity contribution in [1.82, 2.24) is 14.9 Å². The third kappa shape index (κ3) is 2.35. The fraction of sp³-hybridized carbons (Fsp3) is 0.643. The Hall–Kier alpha value is -1.36. The highest BCUT2D eigenvalue weighted by Gasteiger charge is 2.29. The lowest BCUT2D eigenvalue weighted by atomic mass is 9.88. The van der Waals surface area contributed by atoms with Crippen LogP contribution in [0, 0.1) is 5.92 Å². The normalized spacial score (nSPS) is 18.6.